The number of anilines is 3. The van der Waals surface area contributed by atoms with Crippen molar-refractivity contribution in [2.45, 2.75) is 18.9 Å². The molecule has 5 heterocycles. The first-order valence-corrected chi connectivity index (χ1v) is 9.69. The predicted octanol–water partition coefficient (Wildman–Crippen LogP) is 1.34. The van der Waals surface area contributed by atoms with Gasteiger partial charge in [-0.15, -0.1) is 0 Å². The molecule has 0 aromatic carbocycles. The normalized spacial score (nSPS) is 20.2. The summed E-state index contributed by atoms with van der Waals surface area (Å²) in [7, 11) is 1.85. The van der Waals surface area contributed by atoms with Crippen LogP contribution in [0.4, 0.5) is 17.6 Å². The van der Waals surface area contributed by atoms with E-state index in [-0.39, 0.29) is 11.5 Å². The van der Waals surface area contributed by atoms with E-state index in [0.29, 0.717) is 24.0 Å². The molecule has 0 unspecified atom stereocenters. The van der Waals surface area contributed by atoms with Crippen molar-refractivity contribution in [3.05, 3.63) is 52.8 Å². The molecule has 0 amide bonds. The molecule has 0 radical (unpaired) electrons. The minimum absolute atomic E-state index is 0.00580. The Morgan fingerprint density at radius 2 is 2.03 bits per heavy atom. The molecule has 3 aromatic rings. The smallest absolute Gasteiger partial charge is 0.251 e. The Morgan fingerprint density at radius 1 is 1.14 bits per heavy atom. The van der Waals surface area contributed by atoms with Crippen molar-refractivity contribution in [3.63, 3.8) is 0 Å². The Hall–Kier alpha value is -3.49. The number of hydrogen-bond donors (Lipinski definition) is 2. The molecule has 1 fully saturated rings. The predicted molar refractivity (Wildman–Crippen MR) is 111 cm³/mol. The SMILES string of the molecule is CNc1ccnc(N2C[C@@H]3C[C@H](C2)c2cc(-c4cc(N)ncn4)cc(=O)n2C3)n1. The fourth-order valence-electron chi connectivity index (χ4n) is 4.44. The molecular weight excluding hydrogens is 368 g/mol. The zero-order valence-electron chi connectivity index (χ0n) is 16.1. The van der Waals surface area contributed by atoms with E-state index in [1.165, 1.54) is 6.33 Å². The number of pyridine rings is 1. The summed E-state index contributed by atoms with van der Waals surface area (Å²) < 4.78 is 1.91. The zero-order valence-corrected chi connectivity index (χ0v) is 16.1. The van der Waals surface area contributed by atoms with Gasteiger partial charge in [0.1, 0.15) is 18.0 Å². The van der Waals surface area contributed by atoms with E-state index >= 15 is 0 Å². The number of nitrogens with two attached hydrogens (primary N) is 1. The largest absolute Gasteiger partial charge is 0.384 e. The van der Waals surface area contributed by atoms with Gasteiger partial charge in [-0.2, -0.15) is 4.98 Å². The van der Waals surface area contributed by atoms with Gasteiger partial charge in [-0.25, -0.2) is 15.0 Å². The molecule has 5 rings (SSSR count). The Kier molecular flexibility index (Phi) is 4.15. The van der Waals surface area contributed by atoms with E-state index in [0.717, 1.165) is 42.5 Å². The molecule has 0 saturated carbocycles. The summed E-state index contributed by atoms with van der Waals surface area (Å²) >= 11 is 0. The third kappa shape index (κ3) is 3.18. The molecule has 29 heavy (non-hydrogen) atoms. The van der Waals surface area contributed by atoms with Crippen molar-refractivity contribution in [1.82, 2.24) is 24.5 Å². The van der Waals surface area contributed by atoms with Crippen LogP contribution >= 0.6 is 0 Å². The van der Waals surface area contributed by atoms with Gasteiger partial charge in [0.2, 0.25) is 5.95 Å². The summed E-state index contributed by atoms with van der Waals surface area (Å²) in [6.07, 6.45) is 4.25. The molecule has 3 N–H and O–H groups in total. The van der Waals surface area contributed by atoms with Gasteiger partial charge >= 0.3 is 0 Å². The summed E-state index contributed by atoms with van der Waals surface area (Å²) in [5.41, 5.74) is 8.28. The Labute approximate surface area is 167 Å². The van der Waals surface area contributed by atoms with E-state index in [9.17, 15) is 4.79 Å². The minimum atomic E-state index is 0.00580. The Balaban J connectivity index is 1.52. The lowest BCUT2D eigenvalue weighted by Crippen LogP contribution is -2.47. The highest BCUT2D eigenvalue weighted by atomic mass is 16.1. The van der Waals surface area contributed by atoms with Crippen LogP contribution in [0.2, 0.25) is 0 Å². The van der Waals surface area contributed by atoms with E-state index in [2.05, 4.69) is 36.2 Å². The van der Waals surface area contributed by atoms with Crippen LogP contribution in [-0.4, -0.2) is 44.6 Å². The van der Waals surface area contributed by atoms with Gasteiger partial charge in [-0.1, -0.05) is 0 Å². The molecule has 3 aromatic heterocycles. The maximum absolute atomic E-state index is 12.9. The average Bonchev–Trinajstić information content (AvgIpc) is 2.74. The van der Waals surface area contributed by atoms with Crippen LogP contribution in [0.15, 0.2) is 41.6 Å². The highest BCUT2D eigenvalue weighted by Gasteiger charge is 2.36. The number of nitrogens with zero attached hydrogens (tertiary/aromatic N) is 6. The summed E-state index contributed by atoms with van der Waals surface area (Å²) in [6, 6.07) is 7.26. The lowest BCUT2D eigenvalue weighted by atomic mass is 9.82. The Bertz CT molecular complexity index is 1130. The standard InChI is InChI=1S/C20H22N8O/c1-22-18-2-3-23-20(26-18)27-8-12-4-14(10-27)16-5-13(6-19(29)28(16)9-12)15-7-17(21)25-11-24-15/h2-3,5-7,11-12,14H,4,8-10H2,1H3,(H2,21,24,25)(H,22,23,26)/t12-,14+/m0/s1. The maximum atomic E-state index is 12.9. The molecule has 2 aliphatic rings. The molecule has 9 heteroatoms. The number of nitrogen functional groups attached to an aromatic ring is 1. The molecule has 2 bridgehead atoms. The first kappa shape index (κ1) is 17.6. The van der Waals surface area contributed by atoms with E-state index in [4.69, 9.17) is 5.73 Å². The van der Waals surface area contributed by atoms with Gasteiger partial charge in [-0.3, -0.25) is 4.79 Å². The Morgan fingerprint density at radius 3 is 2.86 bits per heavy atom. The fourth-order valence-corrected chi connectivity index (χ4v) is 4.44. The van der Waals surface area contributed by atoms with Crippen molar-refractivity contribution in [2.24, 2.45) is 5.92 Å². The van der Waals surface area contributed by atoms with Crippen molar-refractivity contribution < 1.29 is 0 Å². The first-order chi connectivity index (χ1) is 14.1. The van der Waals surface area contributed by atoms with Crippen molar-refractivity contribution in [3.8, 4) is 11.3 Å². The fraction of sp³-hybridized carbons (Fsp3) is 0.350. The summed E-state index contributed by atoms with van der Waals surface area (Å²) in [5.74, 6) is 2.53. The quantitative estimate of drug-likeness (QED) is 0.689. The zero-order chi connectivity index (χ0) is 20.0. The van der Waals surface area contributed by atoms with Gasteiger partial charge in [0.05, 0.1) is 5.69 Å². The molecule has 0 spiro atoms. The number of fused-ring (bicyclic) bond motifs is 4. The van der Waals surface area contributed by atoms with Gasteiger partial charge in [0.25, 0.3) is 5.56 Å². The second kappa shape index (κ2) is 6.84. The van der Waals surface area contributed by atoms with E-state index in [1.807, 2.05) is 17.7 Å². The van der Waals surface area contributed by atoms with Gasteiger partial charge in [0.15, 0.2) is 0 Å². The number of rotatable bonds is 3. The molecule has 9 nitrogen and oxygen atoms in total. The minimum Gasteiger partial charge on any atom is -0.384 e. The van der Waals surface area contributed by atoms with Crippen LogP contribution < -0.4 is 21.5 Å². The molecule has 2 aliphatic heterocycles. The van der Waals surface area contributed by atoms with Crippen molar-refractivity contribution >= 4 is 17.6 Å². The molecule has 148 valence electrons. The summed E-state index contributed by atoms with van der Waals surface area (Å²) in [4.78, 5) is 32.4. The first-order valence-electron chi connectivity index (χ1n) is 9.69. The molecule has 1 saturated heterocycles. The summed E-state index contributed by atoms with van der Waals surface area (Å²) in [5, 5.41) is 3.06. The van der Waals surface area contributed by atoms with Gasteiger partial charge in [0, 0.05) is 62.2 Å². The van der Waals surface area contributed by atoms with Crippen LogP contribution in [0, 0.1) is 5.92 Å². The molecule has 0 aliphatic carbocycles. The second-order valence-corrected chi connectivity index (χ2v) is 7.64. The third-order valence-electron chi connectivity index (χ3n) is 5.72. The van der Waals surface area contributed by atoms with Crippen LogP contribution in [0.3, 0.4) is 0 Å². The van der Waals surface area contributed by atoms with E-state index < -0.39 is 0 Å². The molecule has 2 atom stereocenters. The van der Waals surface area contributed by atoms with Crippen LogP contribution in [0.1, 0.15) is 18.0 Å². The third-order valence-corrected chi connectivity index (χ3v) is 5.72. The topological polar surface area (TPSA) is 115 Å². The highest BCUT2D eigenvalue weighted by Crippen LogP contribution is 2.37. The molecular formula is C20H22N8O. The highest BCUT2D eigenvalue weighted by molar-refractivity contribution is 5.62. The van der Waals surface area contributed by atoms with Crippen LogP contribution in [0.5, 0.6) is 0 Å². The lowest BCUT2D eigenvalue weighted by Gasteiger charge is -2.42. The van der Waals surface area contributed by atoms with E-state index in [1.54, 1.807) is 18.3 Å². The van der Waals surface area contributed by atoms with Crippen LogP contribution in [0.25, 0.3) is 11.3 Å². The van der Waals surface area contributed by atoms with Crippen molar-refractivity contribution in [1.29, 1.82) is 0 Å². The lowest BCUT2D eigenvalue weighted by molar-refractivity contribution is 0.280. The number of piperidine rings is 1. The second-order valence-electron chi connectivity index (χ2n) is 7.64. The average molecular weight is 390 g/mol. The van der Waals surface area contributed by atoms with Gasteiger partial charge in [-0.05, 0) is 24.5 Å². The maximum Gasteiger partial charge on any atom is 0.251 e. The summed E-state index contributed by atoms with van der Waals surface area (Å²) in [6.45, 7) is 2.33. The van der Waals surface area contributed by atoms with Gasteiger partial charge < -0.3 is 20.5 Å². The van der Waals surface area contributed by atoms with Crippen molar-refractivity contribution in [2.75, 3.05) is 36.1 Å². The monoisotopic (exact) mass is 390 g/mol. The number of hydrogen-bond acceptors (Lipinski definition) is 8. The number of aromatic nitrogens is 5. The number of nitrogens with one attached hydrogen (secondary N) is 1. The van der Waals surface area contributed by atoms with Crippen LogP contribution in [-0.2, 0) is 6.54 Å².